The Morgan fingerprint density at radius 1 is 1.50 bits per heavy atom. The number of alkyl halides is 1. The molecule has 56 valence electrons. The van der Waals surface area contributed by atoms with Crippen LogP contribution in [0, 0.1) is 0 Å². The number of rotatable bonds is 1. The molecule has 1 aromatic heterocycles. The van der Waals surface area contributed by atoms with Crippen molar-refractivity contribution in [1.82, 2.24) is 4.98 Å². The molecular weight excluding hydrogens is 146 g/mol. The molecule has 0 atom stereocenters. The summed E-state index contributed by atoms with van der Waals surface area (Å²) in [5, 5.41) is 0. The van der Waals surface area contributed by atoms with E-state index in [9.17, 15) is 0 Å². The first kappa shape index (κ1) is 9.44. The fourth-order valence-electron chi connectivity index (χ4n) is 0.477. The Morgan fingerprint density at radius 3 is 2.50 bits per heavy atom. The Morgan fingerprint density at radius 2 is 2.20 bits per heavy atom. The van der Waals surface area contributed by atoms with Gasteiger partial charge in [-0.15, -0.1) is 11.6 Å². The highest BCUT2D eigenvalue weighted by molar-refractivity contribution is 6.17. The van der Waals surface area contributed by atoms with Crippen molar-refractivity contribution in [3.63, 3.8) is 0 Å². The van der Waals surface area contributed by atoms with Crippen LogP contribution in [0.25, 0.3) is 0 Å². The zero-order chi connectivity index (χ0) is 7.82. The molecule has 0 N–H and O–H groups in total. The van der Waals surface area contributed by atoms with E-state index in [0.717, 1.165) is 5.56 Å². The lowest BCUT2D eigenvalue weighted by Gasteiger charge is -1.87. The molecule has 0 saturated heterocycles. The molecule has 1 nitrogen and oxygen atoms in total. The third kappa shape index (κ3) is 3.46. The van der Waals surface area contributed by atoms with Gasteiger partial charge in [0.15, 0.2) is 0 Å². The van der Waals surface area contributed by atoms with E-state index >= 15 is 0 Å². The zero-order valence-electron chi connectivity index (χ0n) is 6.34. The van der Waals surface area contributed by atoms with Gasteiger partial charge in [0, 0.05) is 18.3 Å². The third-order valence-corrected chi connectivity index (χ3v) is 1.19. The lowest BCUT2D eigenvalue weighted by molar-refractivity contribution is 1.25. The topological polar surface area (TPSA) is 12.9 Å². The largest absolute Gasteiger partial charge is 0.264 e. The van der Waals surface area contributed by atoms with Crippen LogP contribution in [-0.4, -0.2) is 4.98 Å². The van der Waals surface area contributed by atoms with Crippen LogP contribution in [0.15, 0.2) is 24.5 Å². The zero-order valence-corrected chi connectivity index (χ0v) is 7.10. The predicted octanol–water partition coefficient (Wildman–Crippen LogP) is 2.85. The predicted molar refractivity (Wildman–Crippen MR) is 45.1 cm³/mol. The van der Waals surface area contributed by atoms with Crippen molar-refractivity contribution in [2.45, 2.75) is 19.7 Å². The quantitative estimate of drug-likeness (QED) is 0.572. The molecule has 0 radical (unpaired) electrons. The monoisotopic (exact) mass is 157 g/mol. The van der Waals surface area contributed by atoms with E-state index in [2.05, 4.69) is 4.98 Å². The molecule has 1 heterocycles. The first-order valence-corrected chi connectivity index (χ1v) is 3.92. The molecule has 0 aliphatic rings. The number of hydrogen-bond donors (Lipinski definition) is 0. The van der Waals surface area contributed by atoms with Crippen LogP contribution >= 0.6 is 11.6 Å². The van der Waals surface area contributed by atoms with Crippen molar-refractivity contribution in [3.8, 4) is 0 Å². The summed E-state index contributed by atoms with van der Waals surface area (Å²) in [7, 11) is 0. The molecule has 0 spiro atoms. The summed E-state index contributed by atoms with van der Waals surface area (Å²) in [6.45, 7) is 4.00. The highest BCUT2D eigenvalue weighted by Gasteiger charge is 1.82. The molecule has 2 heteroatoms. The molecule has 0 fully saturated rings. The summed E-state index contributed by atoms with van der Waals surface area (Å²) in [6.07, 6.45) is 3.49. The third-order valence-electron chi connectivity index (χ3n) is 0.877. The molecular formula is C8H12ClN. The van der Waals surface area contributed by atoms with Gasteiger partial charge < -0.3 is 0 Å². The number of hydrogen-bond acceptors (Lipinski definition) is 1. The molecule has 0 bridgehead atoms. The maximum Gasteiger partial charge on any atom is 0.0489 e. The van der Waals surface area contributed by atoms with Crippen molar-refractivity contribution in [3.05, 3.63) is 30.1 Å². The summed E-state index contributed by atoms with van der Waals surface area (Å²) in [5.41, 5.74) is 1.06. The van der Waals surface area contributed by atoms with Gasteiger partial charge in [-0.25, -0.2) is 0 Å². The molecule has 0 unspecified atom stereocenters. The molecule has 1 rings (SSSR count). The standard InChI is InChI=1S/C6H6ClN.C2H6/c7-4-6-2-1-3-8-5-6;1-2/h1-3,5H,4H2;1-2H3. The number of halogens is 1. The van der Waals surface area contributed by atoms with E-state index in [1.165, 1.54) is 0 Å². The summed E-state index contributed by atoms with van der Waals surface area (Å²) in [6, 6.07) is 3.82. The van der Waals surface area contributed by atoms with E-state index in [1.54, 1.807) is 12.4 Å². The van der Waals surface area contributed by atoms with Gasteiger partial charge in [-0.1, -0.05) is 19.9 Å². The minimum atomic E-state index is 0.549. The first-order valence-electron chi connectivity index (χ1n) is 3.38. The second-order valence-electron chi connectivity index (χ2n) is 1.49. The van der Waals surface area contributed by atoms with E-state index in [-0.39, 0.29) is 0 Å². The van der Waals surface area contributed by atoms with Crippen molar-refractivity contribution in [1.29, 1.82) is 0 Å². The van der Waals surface area contributed by atoms with Crippen LogP contribution in [-0.2, 0) is 5.88 Å². The second-order valence-corrected chi connectivity index (χ2v) is 1.76. The fourth-order valence-corrected chi connectivity index (χ4v) is 0.635. The average Bonchev–Trinajstić information content (AvgIpc) is 2.10. The average molecular weight is 158 g/mol. The van der Waals surface area contributed by atoms with Crippen molar-refractivity contribution < 1.29 is 0 Å². The smallest absolute Gasteiger partial charge is 0.0489 e. The van der Waals surface area contributed by atoms with Crippen LogP contribution in [0.5, 0.6) is 0 Å². The minimum absolute atomic E-state index is 0.549. The minimum Gasteiger partial charge on any atom is -0.264 e. The van der Waals surface area contributed by atoms with Gasteiger partial charge in [0.05, 0.1) is 0 Å². The summed E-state index contributed by atoms with van der Waals surface area (Å²) in [5.74, 6) is 0.549. The highest BCUT2D eigenvalue weighted by atomic mass is 35.5. The van der Waals surface area contributed by atoms with Gasteiger partial charge in [0.1, 0.15) is 0 Å². The van der Waals surface area contributed by atoms with E-state index < -0.39 is 0 Å². The molecule has 0 aliphatic carbocycles. The molecule has 10 heavy (non-hydrogen) atoms. The lowest BCUT2D eigenvalue weighted by Crippen LogP contribution is -1.75. The number of nitrogens with zero attached hydrogens (tertiary/aromatic N) is 1. The SMILES string of the molecule is CC.ClCc1cccnc1. The van der Waals surface area contributed by atoms with Crippen LogP contribution in [0.2, 0.25) is 0 Å². The fraction of sp³-hybridized carbons (Fsp3) is 0.375. The summed E-state index contributed by atoms with van der Waals surface area (Å²) < 4.78 is 0. The van der Waals surface area contributed by atoms with Crippen LogP contribution in [0.1, 0.15) is 19.4 Å². The van der Waals surface area contributed by atoms with Crippen LogP contribution in [0.4, 0.5) is 0 Å². The number of pyridine rings is 1. The Kier molecular flexibility index (Phi) is 6.19. The maximum absolute atomic E-state index is 5.49. The molecule has 0 aromatic carbocycles. The summed E-state index contributed by atoms with van der Waals surface area (Å²) in [4.78, 5) is 3.87. The highest BCUT2D eigenvalue weighted by Crippen LogP contribution is 1.98. The van der Waals surface area contributed by atoms with Crippen molar-refractivity contribution in [2.75, 3.05) is 0 Å². The van der Waals surface area contributed by atoms with Gasteiger partial charge in [-0.2, -0.15) is 0 Å². The number of aromatic nitrogens is 1. The Bertz CT molecular complexity index is 151. The van der Waals surface area contributed by atoms with E-state index in [0.29, 0.717) is 5.88 Å². The first-order chi connectivity index (χ1) is 4.93. The van der Waals surface area contributed by atoms with Crippen LogP contribution in [0.3, 0.4) is 0 Å². The van der Waals surface area contributed by atoms with Gasteiger partial charge in [-0.05, 0) is 11.6 Å². The Labute approximate surface area is 67.1 Å². The summed E-state index contributed by atoms with van der Waals surface area (Å²) >= 11 is 5.49. The Balaban J connectivity index is 0.000000371. The Hall–Kier alpha value is -0.560. The van der Waals surface area contributed by atoms with E-state index in [4.69, 9.17) is 11.6 Å². The molecule has 0 saturated carbocycles. The van der Waals surface area contributed by atoms with Crippen LogP contribution < -0.4 is 0 Å². The molecule has 0 aliphatic heterocycles. The van der Waals surface area contributed by atoms with Gasteiger partial charge in [0.25, 0.3) is 0 Å². The van der Waals surface area contributed by atoms with Gasteiger partial charge >= 0.3 is 0 Å². The maximum atomic E-state index is 5.49. The normalized spacial score (nSPS) is 7.90. The van der Waals surface area contributed by atoms with Gasteiger partial charge in [0.2, 0.25) is 0 Å². The van der Waals surface area contributed by atoms with Crippen molar-refractivity contribution in [2.24, 2.45) is 0 Å². The van der Waals surface area contributed by atoms with E-state index in [1.807, 2.05) is 26.0 Å². The van der Waals surface area contributed by atoms with Gasteiger partial charge in [-0.3, -0.25) is 4.98 Å². The molecule has 0 amide bonds. The second kappa shape index (κ2) is 6.56. The molecule has 1 aromatic rings. The lowest BCUT2D eigenvalue weighted by atomic mass is 10.3. The van der Waals surface area contributed by atoms with Crippen molar-refractivity contribution >= 4 is 11.6 Å².